The summed E-state index contributed by atoms with van der Waals surface area (Å²) >= 11 is 0. The molecule has 1 aliphatic heterocycles. The predicted octanol–water partition coefficient (Wildman–Crippen LogP) is 3.77. The number of nitrogens with zero attached hydrogens (tertiary/aromatic N) is 3. The second-order valence-corrected chi connectivity index (χ2v) is 8.54. The Morgan fingerprint density at radius 3 is 2.37 bits per heavy atom. The molecule has 5 rings (SSSR count). The van der Waals surface area contributed by atoms with Crippen molar-refractivity contribution in [3.63, 3.8) is 0 Å². The minimum Gasteiger partial charge on any atom is -0.451 e. The second-order valence-electron chi connectivity index (χ2n) is 8.54. The van der Waals surface area contributed by atoms with Crippen LogP contribution in [0.1, 0.15) is 27.8 Å². The van der Waals surface area contributed by atoms with Crippen molar-refractivity contribution >= 4 is 34.3 Å². The number of anilines is 2. The highest BCUT2D eigenvalue weighted by atomic mass is 16.3. The van der Waals surface area contributed by atoms with E-state index in [1.165, 1.54) is 0 Å². The summed E-state index contributed by atoms with van der Waals surface area (Å²) < 4.78 is 5.74. The predicted molar refractivity (Wildman–Crippen MR) is 133 cm³/mol. The lowest BCUT2D eigenvalue weighted by Crippen LogP contribution is -2.50. The summed E-state index contributed by atoms with van der Waals surface area (Å²) in [4.78, 5) is 33.7. The summed E-state index contributed by atoms with van der Waals surface area (Å²) in [5.41, 5.74) is 2.64. The van der Waals surface area contributed by atoms with Gasteiger partial charge in [-0.2, -0.15) is 0 Å². The van der Waals surface area contributed by atoms with Gasteiger partial charge in [0.2, 0.25) is 0 Å². The molecular weight excluding hydrogens is 444 g/mol. The van der Waals surface area contributed by atoms with E-state index in [2.05, 4.69) is 15.2 Å². The van der Waals surface area contributed by atoms with Crippen molar-refractivity contribution in [3.8, 4) is 0 Å². The number of amides is 2. The topological polar surface area (TPSA) is 98.9 Å². The molecule has 178 valence electrons. The SMILES string of the molecule is Cc1c(C(=O)Nc2ccc(N3CCN(C(=O)[C@H](O)c4ccccc4)CC3)nc2)oc2ccccc12. The van der Waals surface area contributed by atoms with Crippen LogP contribution in [-0.4, -0.2) is 53.0 Å². The third-order valence-electron chi connectivity index (χ3n) is 6.32. The van der Waals surface area contributed by atoms with E-state index in [9.17, 15) is 14.7 Å². The van der Waals surface area contributed by atoms with Crippen LogP contribution in [0.25, 0.3) is 11.0 Å². The number of benzene rings is 2. The van der Waals surface area contributed by atoms with E-state index in [1.54, 1.807) is 41.4 Å². The van der Waals surface area contributed by atoms with Gasteiger partial charge in [-0.25, -0.2) is 4.98 Å². The molecule has 1 fully saturated rings. The summed E-state index contributed by atoms with van der Waals surface area (Å²) in [6, 6.07) is 20.2. The summed E-state index contributed by atoms with van der Waals surface area (Å²) in [6.07, 6.45) is 0.459. The van der Waals surface area contributed by atoms with Crippen molar-refractivity contribution in [1.82, 2.24) is 9.88 Å². The number of para-hydroxylation sites is 1. The average Bonchev–Trinajstić information content (AvgIpc) is 3.25. The number of rotatable bonds is 5. The molecule has 1 aliphatic rings. The van der Waals surface area contributed by atoms with E-state index in [-0.39, 0.29) is 17.6 Å². The fourth-order valence-electron chi connectivity index (χ4n) is 4.33. The number of fused-ring (bicyclic) bond motifs is 1. The van der Waals surface area contributed by atoms with E-state index in [4.69, 9.17) is 4.42 Å². The Kier molecular flexibility index (Phi) is 6.20. The Bertz CT molecular complexity index is 1340. The summed E-state index contributed by atoms with van der Waals surface area (Å²) in [6.45, 7) is 4.06. The lowest BCUT2D eigenvalue weighted by molar-refractivity contribution is -0.140. The first kappa shape index (κ1) is 22.6. The van der Waals surface area contributed by atoms with E-state index in [0.717, 1.165) is 16.8 Å². The Morgan fingerprint density at radius 1 is 0.971 bits per heavy atom. The molecule has 0 saturated carbocycles. The Balaban J connectivity index is 1.18. The van der Waals surface area contributed by atoms with Crippen molar-refractivity contribution in [1.29, 1.82) is 0 Å². The molecule has 2 aromatic carbocycles. The maximum Gasteiger partial charge on any atom is 0.291 e. The molecule has 0 radical (unpaired) electrons. The maximum atomic E-state index is 12.7. The van der Waals surface area contributed by atoms with Crippen LogP contribution in [0.5, 0.6) is 0 Å². The number of nitrogens with one attached hydrogen (secondary N) is 1. The fourth-order valence-corrected chi connectivity index (χ4v) is 4.33. The number of hydrogen-bond donors (Lipinski definition) is 2. The third-order valence-corrected chi connectivity index (χ3v) is 6.32. The first-order valence-electron chi connectivity index (χ1n) is 11.5. The zero-order valence-electron chi connectivity index (χ0n) is 19.3. The van der Waals surface area contributed by atoms with Gasteiger partial charge in [-0.15, -0.1) is 0 Å². The highest BCUT2D eigenvalue weighted by Crippen LogP contribution is 2.26. The van der Waals surface area contributed by atoms with Crippen LogP contribution in [0.15, 0.2) is 77.3 Å². The van der Waals surface area contributed by atoms with Gasteiger partial charge >= 0.3 is 0 Å². The van der Waals surface area contributed by atoms with Crippen LogP contribution in [0.4, 0.5) is 11.5 Å². The average molecular weight is 471 g/mol. The van der Waals surface area contributed by atoms with Crippen LogP contribution in [0, 0.1) is 6.92 Å². The minimum absolute atomic E-state index is 0.286. The quantitative estimate of drug-likeness (QED) is 0.461. The number of aromatic nitrogens is 1. The number of carbonyl (C=O) groups excluding carboxylic acids is 2. The molecular formula is C27H26N4O4. The number of furan rings is 1. The van der Waals surface area contributed by atoms with Gasteiger partial charge in [0.25, 0.3) is 11.8 Å². The van der Waals surface area contributed by atoms with E-state index in [1.807, 2.05) is 43.3 Å². The molecule has 1 saturated heterocycles. The minimum atomic E-state index is -1.15. The molecule has 2 aromatic heterocycles. The number of aliphatic hydroxyl groups is 1. The van der Waals surface area contributed by atoms with Crippen molar-refractivity contribution < 1.29 is 19.1 Å². The van der Waals surface area contributed by atoms with Gasteiger partial charge in [0.05, 0.1) is 11.9 Å². The molecule has 3 heterocycles. The number of hydrogen-bond acceptors (Lipinski definition) is 6. The third kappa shape index (κ3) is 4.61. The van der Waals surface area contributed by atoms with Crippen LogP contribution in [0.3, 0.4) is 0 Å². The highest BCUT2D eigenvalue weighted by Gasteiger charge is 2.27. The van der Waals surface area contributed by atoms with Gasteiger partial charge in [-0.05, 0) is 30.7 Å². The number of aliphatic hydroxyl groups excluding tert-OH is 1. The highest BCUT2D eigenvalue weighted by molar-refractivity contribution is 6.06. The Hall–Kier alpha value is -4.17. The van der Waals surface area contributed by atoms with Crippen molar-refractivity contribution in [3.05, 3.63) is 89.8 Å². The monoisotopic (exact) mass is 470 g/mol. The van der Waals surface area contributed by atoms with Gasteiger partial charge in [-0.1, -0.05) is 48.5 Å². The number of aryl methyl sites for hydroxylation is 1. The number of piperazine rings is 1. The van der Waals surface area contributed by atoms with Gasteiger partial charge in [0.15, 0.2) is 11.9 Å². The van der Waals surface area contributed by atoms with E-state index in [0.29, 0.717) is 43.0 Å². The van der Waals surface area contributed by atoms with Crippen molar-refractivity contribution in [2.45, 2.75) is 13.0 Å². The molecule has 8 nitrogen and oxygen atoms in total. The Morgan fingerprint density at radius 2 is 1.69 bits per heavy atom. The molecule has 0 aliphatic carbocycles. The van der Waals surface area contributed by atoms with E-state index < -0.39 is 6.10 Å². The molecule has 8 heteroatoms. The molecule has 0 bridgehead atoms. The summed E-state index contributed by atoms with van der Waals surface area (Å²) in [7, 11) is 0. The van der Waals surface area contributed by atoms with Crippen LogP contribution < -0.4 is 10.2 Å². The van der Waals surface area contributed by atoms with Crippen molar-refractivity contribution in [2.75, 3.05) is 36.4 Å². The second kappa shape index (κ2) is 9.60. The van der Waals surface area contributed by atoms with Crippen molar-refractivity contribution in [2.24, 2.45) is 0 Å². The lowest BCUT2D eigenvalue weighted by Gasteiger charge is -2.36. The number of carbonyl (C=O) groups is 2. The van der Waals surface area contributed by atoms with Crippen LogP contribution in [-0.2, 0) is 4.79 Å². The zero-order valence-corrected chi connectivity index (χ0v) is 19.3. The molecule has 2 N–H and O–H groups in total. The Labute approximate surface area is 202 Å². The van der Waals surface area contributed by atoms with Gasteiger partial charge < -0.3 is 24.6 Å². The molecule has 4 aromatic rings. The first-order valence-corrected chi connectivity index (χ1v) is 11.5. The summed E-state index contributed by atoms with van der Waals surface area (Å²) in [5, 5.41) is 14.2. The van der Waals surface area contributed by atoms with Crippen LogP contribution in [0.2, 0.25) is 0 Å². The lowest BCUT2D eigenvalue weighted by atomic mass is 10.1. The number of pyridine rings is 1. The maximum absolute atomic E-state index is 12.7. The standard InChI is InChI=1S/C27H26N4O4/c1-18-21-9-5-6-10-22(21)35-25(18)26(33)29-20-11-12-23(28-17-20)30-13-15-31(16-14-30)27(34)24(32)19-7-3-2-4-8-19/h2-12,17,24,32H,13-16H2,1H3,(H,29,33)/t24-/m1/s1. The fraction of sp³-hybridized carbons (Fsp3) is 0.222. The van der Waals surface area contributed by atoms with Crippen LogP contribution >= 0.6 is 0 Å². The first-order chi connectivity index (χ1) is 17.0. The molecule has 0 spiro atoms. The molecule has 1 atom stereocenters. The smallest absolute Gasteiger partial charge is 0.291 e. The van der Waals surface area contributed by atoms with E-state index >= 15 is 0 Å². The zero-order chi connectivity index (χ0) is 24.4. The van der Waals surface area contributed by atoms with Gasteiger partial charge in [0.1, 0.15) is 11.4 Å². The summed E-state index contributed by atoms with van der Waals surface area (Å²) in [5.74, 6) is 0.437. The normalized spacial score (nSPS) is 14.7. The van der Waals surface area contributed by atoms with Gasteiger partial charge in [0, 0.05) is 37.1 Å². The van der Waals surface area contributed by atoms with Gasteiger partial charge in [-0.3, -0.25) is 9.59 Å². The molecule has 0 unspecified atom stereocenters. The molecule has 2 amide bonds. The largest absolute Gasteiger partial charge is 0.451 e. The molecule has 35 heavy (non-hydrogen) atoms.